The third kappa shape index (κ3) is 4.45. The molecule has 0 fully saturated rings. The van der Waals surface area contributed by atoms with Crippen molar-refractivity contribution in [1.29, 1.82) is 0 Å². The third-order valence-corrected chi connectivity index (χ3v) is 5.09. The average molecular weight is 378 g/mol. The molecule has 0 radical (unpaired) electrons. The maximum atomic E-state index is 12.1. The minimum absolute atomic E-state index is 0.153. The average Bonchev–Trinajstić information content (AvgIpc) is 3.27. The maximum absolute atomic E-state index is 12.1. The van der Waals surface area contributed by atoms with Crippen LogP contribution < -0.4 is 5.32 Å². The summed E-state index contributed by atoms with van der Waals surface area (Å²) in [5.41, 5.74) is 0. The molecule has 3 heterocycles. The van der Waals surface area contributed by atoms with Crippen molar-refractivity contribution in [1.82, 2.24) is 25.0 Å². The van der Waals surface area contributed by atoms with Crippen LogP contribution in [0, 0.1) is 5.92 Å². The Morgan fingerprint density at radius 3 is 2.92 bits per heavy atom. The lowest BCUT2D eigenvalue weighted by molar-refractivity contribution is -0.113. The first kappa shape index (κ1) is 17.6. The summed E-state index contributed by atoms with van der Waals surface area (Å²) in [5.74, 6) is 1.82. The second-order valence-electron chi connectivity index (χ2n) is 5.78. The van der Waals surface area contributed by atoms with Crippen molar-refractivity contribution in [3.05, 3.63) is 23.4 Å². The zero-order valence-corrected chi connectivity index (χ0v) is 15.7. The van der Waals surface area contributed by atoms with Gasteiger partial charge in [-0.05, 0) is 18.1 Å². The summed E-state index contributed by atoms with van der Waals surface area (Å²) in [6.45, 7) is 4.24. The minimum atomic E-state index is -0.153. The van der Waals surface area contributed by atoms with Crippen LogP contribution >= 0.6 is 23.1 Å². The molecule has 1 N–H and O–H groups in total. The van der Waals surface area contributed by atoms with Crippen molar-refractivity contribution in [2.45, 2.75) is 25.4 Å². The van der Waals surface area contributed by atoms with Crippen LogP contribution in [0.1, 0.15) is 18.9 Å². The number of thioether (sulfide) groups is 1. The van der Waals surface area contributed by atoms with Gasteiger partial charge in [-0.15, -0.1) is 20.4 Å². The fourth-order valence-corrected chi connectivity index (χ4v) is 3.76. The van der Waals surface area contributed by atoms with E-state index in [-0.39, 0.29) is 11.7 Å². The number of hydrogen-bond donors (Lipinski definition) is 1. The summed E-state index contributed by atoms with van der Waals surface area (Å²) >= 11 is 2.71. The Bertz CT molecular complexity index is 840. The number of furan rings is 1. The Labute approximate surface area is 153 Å². The Morgan fingerprint density at radius 1 is 1.36 bits per heavy atom. The smallest absolute Gasteiger partial charge is 0.236 e. The highest BCUT2D eigenvalue weighted by atomic mass is 32.2. The van der Waals surface area contributed by atoms with Gasteiger partial charge in [0.05, 0.1) is 12.0 Å². The van der Waals surface area contributed by atoms with E-state index in [0.29, 0.717) is 27.8 Å². The van der Waals surface area contributed by atoms with Gasteiger partial charge >= 0.3 is 0 Å². The molecule has 25 heavy (non-hydrogen) atoms. The molecule has 0 aliphatic carbocycles. The van der Waals surface area contributed by atoms with Crippen molar-refractivity contribution in [3.8, 4) is 11.6 Å². The van der Waals surface area contributed by atoms with E-state index in [4.69, 9.17) is 4.42 Å². The zero-order chi connectivity index (χ0) is 17.8. The fraction of sp³-hybridized carbons (Fsp3) is 0.400. The molecule has 0 saturated heterocycles. The van der Waals surface area contributed by atoms with Gasteiger partial charge in [0, 0.05) is 13.5 Å². The highest BCUT2D eigenvalue weighted by molar-refractivity contribution is 7.99. The molecule has 3 aromatic heterocycles. The summed E-state index contributed by atoms with van der Waals surface area (Å²) < 4.78 is 7.12. The largest absolute Gasteiger partial charge is 0.461 e. The lowest BCUT2D eigenvalue weighted by Crippen LogP contribution is -2.14. The summed E-state index contributed by atoms with van der Waals surface area (Å²) in [5, 5.41) is 21.1. The summed E-state index contributed by atoms with van der Waals surface area (Å²) in [4.78, 5) is 12.1. The lowest BCUT2D eigenvalue weighted by atomic mass is 10.1. The Kier molecular flexibility index (Phi) is 5.49. The number of carbonyl (C=O) groups excluding carboxylic acids is 1. The third-order valence-electron chi connectivity index (χ3n) is 3.20. The second kappa shape index (κ2) is 7.79. The minimum Gasteiger partial charge on any atom is -0.461 e. The van der Waals surface area contributed by atoms with Gasteiger partial charge in [-0.1, -0.05) is 36.9 Å². The molecule has 3 rings (SSSR count). The zero-order valence-electron chi connectivity index (χ0n) is 14.1. The number of nitrogens with one attached hydrogen (secondary N) is 1. The summed E-state index contributed by atoms with van der Waals surface area (Å²) in [7, 11) is 1.83. The fourth-order valence-electron chi connectivity index (χ4n) is 2.08. The normalized spacial score (nSPS) is 11.2. The predicted octanol–water partition coefficient (Wildman–Crippen LogP) is 2.86. The number of carbonyl (C=O) groups is 1. The number of rotatable bonds is 7. The van der Waals surface area contributed by atoms with Crippen LogP contribution in [0.3, 0.4) is 0 Å². The standard InChI is InChI=1S/C15H18N6O2S2/c1-9(2)7-12-17-19-14(25-12)16-11(22)8-24-15-20-18-13(21(15)3)10-5-4-6-23-10/h4-6,9H,7-8H2,1-3H3,(H,16,19,22). The number of amides is 1. The quantitative estimate of drug-likeness (QED) is 0.631. The van der Waals surface area contributed by atoms with Gasteiger partial charge in [-0.3, -0.25) is 10.1 Å². The van der Waals surface area contributed by atoms with Crippen LogP contribution in [0.2, 0.25) is 0 Å². The predicted molar refractivity (Wildman–Crippen MR) is 96.5 cm³/mol. The van der Waals surface area contributed by atoms with Crippen molar-refractivity contribution >= 4 is 34.1 Å². The highest BCUT2D eigenvalue weighted by Gasteiger charge is 2.15. The molecule has 0 aliphatic rings. The first-order valence-corrected chi connectivity index (χ1v) is 9.51. The topological polar surface area (TPSA) is 98.7 Å². The Balaban J connectivity index is 1.55. The number of anilines is 1. The first-order chi connectivity index (χ1) is 12.0. The van der Waals surface area contributed by atoms with Gasteiger partial charge in [0.15, 0.2) is 16.7 Å². The van der Waals surface area contributed by atoms with E-state index in [2.05, 4.69) is 39.6 Å². The molecule has 0 saturated carbocycles. The van der Waals surface area contributed by atoms with E-state index in [1.54, 1.807) is 16.9 Å². The van der Waals surface area contributed by atoms with Crippen molar-refractivity contribution in [3.63, 3.8) is 0 Å². The number of hydrogen-bond acceptors (Lipinski definition) is 8. The molecule has 0 aliphatic heterocycles. The molecule has 0 atom stereocenters. The molecule has 3 aromatic rings. The molecule has 0 aromatic carbocycles. The first-order valence-electron chi connectivity index (χ1n) is 7.71. The van der Waals surface area contributed by atoms with Crippen LogP contribution in [0.4, 0.5) is 5.13 Å². The van der Waals surface area contributed by atoms with E-state index >= 15 is 0 Å². The Morgan fingerprint density at radius 2 is 2.20 bits per heavy atom. The number of nitrogens with zero attached hydrogens (tertiary/aromatic N) is 5. The van der Waals surface area contributed by atoms with Crippen molar-refractivity contribution in [2.75, 3.05) is 11.1 Å². The summed E-state index contributed by atoms with van der Waals surface area (Å²) in [6.07, 6.45) is 2.44. The van der Waals surface area contributed by atoms with Crippen LogP contribution in [-0.2, 0) is 18.3 Å². The van der Waals surface area contributed by atoms with E-state index in [0.717, 1.165) is 11.4 Å². The molecule has 1 amide bonds. The van der Waals surface area contributed by atoms with Crippen molar-refractivity contribution in [2.24, 2.45) is 13.0 Å². The molecule has 0 unspecified atom stereocenters. The van der Waals surface area contributed by atoms with Gasteiger partial charge in [-0.25, -0.2) is 0 Å². The van der Waals surface area contributed by atoms with Crippen LogP contribution in [0.15, 0.2) is 28.0 Å². The van der Waals surface area contributed by atoms with Gasteiger partial charge in [0.1, 0.15) is 5.01 Å². The van der Waals surface area contributed by atoms with Gasteiger partial charge in [0.2, 0.25) is 11.0 Å². The molecular weight excluding hydrogens is 360 g/mol. The summed E-state index contributed by atoms with van der Waals surface area (Å²) in [6, 6.07) is 3.61. The van der Waals surface area contributed by atoms with E-state index in [9.17, 15) is 4.79 Å². The van der Waals surface area contributed by atoms with E-state index in [1.165, 1.54) is 23.1 Å². The molecule has 0 bridgehead atoms. The van der Waals surface area contributed by atoms with Gasteiger partial charge in [0.25, 0.3) is 0 Å². The molecule has 8 nitrogen and oxygen atoms in total. The number of aromatic nitrogens is 5. The van der Waals surface area contributed by atoms with Crippen LogP contribution in [0.5, 0.6) is 0 Å². The molecule has 0 spiro atoms. The Hall–Kier alpha value is -2.20. The highest BCUT2D eigenvalue weighted by Crippen LogP contribution is 2.23. The second-order valence-corrected chi connectivity index (χ2v) is 7.78. The maximum Gasteiger partial charge on any atom is 0.236 e. The monoisotopic (exact) mass is 378 g/mol. The van der Waals surface area contributed by atoms with Crippen molar-refractivity contribution < 1.29 is 9.21 Å². The van der Waals surface area contributed by atoms with Crippen LogP contribution in [-0.4, -0.2) is 36.6 Å². The SMILES string of the molecule is CC(C)Cc1nnc(NC(=O)CSc2nnc(-c3ccco3)n2C)s1. The molecule has 132 valence electrons. The van der Waals surface area contributed by atoms with Crippen LogP contribution in [0.25, 0.3) is 11.6 Å². The van der Waals surface area contributed by atoms with E-state index in [1.807, 2.05) is 13.1 Å². The lowest BCUT2D eigenvalue weighted by Gasteiger charge is -2.02. The van der Waals surface area contributed by atoms with Gasteiger partial charge < -0.3 is 8.98 Å². The molecule has 10 heteroatoms. The van der Waals surface area contributed by atoms with Gasteiger partial charge in [-0.2, -0.15) is 0 Å². The molecular formula is C15H18N6O2S2. The van der Waals surface area contributed by atoms with E-state index < -0.39 is 0 Å².